The van der Waals surface area contributed by atoms with Gasteiger partial charge in [0, 0.05) is 6.42 Å². The molecule has 5 nitrogen and oxygen atoms in total. The number of hydrogen-bond acceptors (Lipinski definition) is 5. The van der Waals surface area contributed by atoms with Crippen LogP contribution in [0, 0.1) is 5.92 Å². The molecule has 4 atom stereocenters. The average molecular weight is 542 g/mol. The molecule has 0 aromatic carbocycles. The van der Waals surface area contributed by atoms with E-state index < -0.39 is 24.4 Å². The highest BCUT2D eigenvalue weighted by molar-refractivity contribution is 5.82. The summed E-state index contributed by atoms with van der Waals surface area (Å²) in [4.78, 5) is 12.7. The third-order valence-electron chi connectivity index (χ3n) is 8.09. The third kappa shape index (κ3) is 23.4. The van der Waals surface area contributed by atoms with Crippen molar-refractivity contribution in [2.45, 2.75) is 199 Å². The van der Waals surface area contributed by atoms with Crippen molar-refractivity contribution in [1.82, 2.24) is 0 Å². The predicted molar refractivity (Wildman–Crippen MR) is 162 cm³/mol. The summed E-state index contributed by atoms with van der Waals surface area (Å²) in [6, 6.07) is 0. The lowest BCUT2D eigenvalue weighted by molar-refractivity contribution is -0.133. The summed E-state index contributed by atoms with van der Waals surface area (Å²) in [7, 11) is 0. The lowest BCUT2D eigenvalue weighted by Gasteiger charge is -2.25. The Balaban J connectivity index is 3.86. The van der Waals surface area contributed by atoms with Crippen LogP contribution in [0.15, 0.2) is 0 Å². The Kier molecular flexibility index (Phi) is 27.7. The molecule has 0 fully saturated rings. The minimum Gasteiger partial charge on any atom is -0.393 e. The highest BCUT2D eigenvalue weighted by Crippen LogP contribution is 2.20. The minimum atomic E-state index is -1.39. The van der Waals surface area contributed by atoms with Crippen LogP contribution in [0.25, 0.3) is 0 Å². The Labute approximate surface area is 236 Å². The van der Waals surface area contributed by atoms with Gasteiger partial charge in [0.1, 0.15) is 12.0 Å². The normalized spacial score (nSPS) is 14.9. The number of aliphatic hydroxyl groups is 3. The Bertz CT molecular complexity index is 499. The summed E-state index contributed by atoms with van der Waals surface area (Å²) < 4.78 is 0. The molecular formula is C33H67NO4. The molecule has 5 heteroatoms. The number of aliphatic hydroxyl groups excluding tert-OH is 3. The van der Waals surface area contributed by atoms with Crippen LogP contribution >= 0.6 is 0 Å². The second kappa shape index (κ2) is 28.1. The smallest absolute Gasteiger partial charge is 0.145 e. The molecule has 0 rings (SSSR count). The molecule has 0 saturated carbocycles. The summed E-state index contributed by atoms with van der Waals surface area (Å²) >= 11 is 0. The zero-order valence-electron chi connectivity index (χ0n) is 25.5. The molecule has 0 aliphatic rings. The lowest BCUT2D eigenvalue weighted by Crippen LogP contribution is -2.44. The summed E-state index contributed by atoms with van der Waals surface area (Å²) in [5.74, 6) is -1.32. The first-order valence-corrected chi connectivity index (χ1v) is 16.8. The maximum atomic E-state index is 12.7. The maximum Gasteiger partial charge on any atom is 0.145 e. The third-order valence-corrected chi connectivity index (χ3v) is 8.09. The average Bonchev–Trinajstić information content (AvgIpc) is 2.87. The van der Waals surface area contributed by atoms with Crippen LogP contribution in [0.3, 0.4) is 0 Å². The maximum absolute atomic E-state index is 12.7. The molecule has 2 unspecified atom stereocenters. The second-order valence-corrected chi connectivity index (χ2v) is 11.9. The van der Waals surface area contributed by atoms with E-state index in [1.54, 1.807) is 0 Å². The predicted octanol–water partition coefficient (Wildman–Crippen LogP) is 8.35. The van der Waals surface area contributed by atoms with Gasteiger partial charge >= 0.3 is 0 Å². The van der Waals surface area contributed by atoms with Crippen LogP contribution in [-0.2, 0) is 4.79 Å². The van der Waals surface area contributed by atoms with E-state index in [9.17, 15) is 20.1 Å². The van der Waals surface area contributed by atoms with Crippen LogP contribution in [0.5, 0.6) is 0 Å². The fourth-order valence-corrected chi connectivity index (χ4v) is 5.52. The van der Waals surface area contributed by atoms with Gasteiger partial charge in [0.05, 0.1) is 18.1 Å². The van der Waals surface area contributed by atoms with E-state index in [1.165, 1.54) is 116 Å². The summed E-state index contributed by atoms with van der Waals surface area (Å²) in [5.41, 5.74) is 5.66. The first-order chi connectivity index (χ1) is 18.4. The summed E-state index contributed by atoms with van der Waals surface area (Å²) in [6.45, 7) is 4.50. The van der Waals surface area contributed by atoms with Gasteiger partial charge < -0.3 is 21.1 Å². The van der Waals surface area contributed by atoms with Gasteiger partial charge in [-0.3, -0.25) is 4.79 Å². The van der Waals surface area contributed by atoms with Crippen LogP contribution < -0.4 is 5.73 Å². The number of rotatable bonds is 30. The number of ketones is 1. The van der Waals surface area contributed by atoms with E-state index >= 15 is 0 Å². The van der Waals surface area contributed by atoms with Crippen molar-refractivity contribution in [3.05, 3.63) is 0 Å². The molecule has 228 valence electrons. The molecule has 5 N–H and O–H groups in total. The Morgan fingerprint density at radius 1 is 0.526 bits per heavy atom. The van der Waals surface area contributed by atoms with E-state index in [2.05, 4.69) is 13.8 Å². The summed E-state index contributed by atoms with van der Waals surface area (Å²) in [5, 5.41) is 30.8. The fraction of sp³-hybridized carbons (Fsp3) is 0.970. The number of unbranched alkanes of at least 4 members (excludes halogenated alkanes) is 21. The first kappa shape index (κ1) is 37.5. The number of Topliss-reactive ketones (excluding diaryl/α,β-unsaturated/α-hetero) is 1. The Hall–Kier alpha value is -0.490. The molecule has 0 heterocycles. The van der Waals surface area contributed by atoms with E-state index in [1.807, 2.05) is 0 Å². The van der Waals surface area contributed by atoms with Crippen molar-refractivity contribution in [3.8, 4) is 0 Å². The van der Waals surface area contributed by atoms with Gasteiger partial charge in [-0.25, -0.2) is 0 Å². The van der Waals surface area contributed by atoms with Gasteiger partial charge in [0.25, 0.3) is 0 Å². The van der Waals surface area contributed by atoms with Gasteiger partial charge in [-0.15, -0.1) is 0 Å². The molecule has 0 radical (unpaired) electrons. The quantitative estimate of drug-likeness (QED) is 0.0540. The number of hydrogen-bond donors (Lipinski definition) is 4. The Morgan fingerprint density at radius 3 is 1.18 bits per heavy atom. The minimum absolute atomic E-state index is 0.0357. The standard InChI is InChI=1S/C33H67NO4/c1-3-5-7-9-11-13-15-16-17-19-21-23-25-27-30(36)32(33(34)38)31(37)28-29(35)26-24-22-20-18-14-12-10-8-6-4-2/h29-30,32-33,35-36,38H,3-28,34H2,1-2H3/t29?,30-,32-,33?/m1/s1. The van der Waals surface area contributed by atoms with E-state index in [0.29, 0.717) is 12.8 Å². The van der Waals surface area contributed by atoms with Crippen LogP contribution in [0.1, 0.15) is 181 Å². The van der Waals surface area contributed by atoms with Crippen molar-refractivity contribution in [2.75, 3.05) is 0 Å². The molecule has 38 heavy (non-hydrogen) atoms. The second-order valence-electron chi connectivity index (χ2n) is 11.9. The van der Waals surface area contributed by atoms with Gasteiger partial charge in [-0.2, -0.15) is 0 Å². The van der Waals surface area contributed by atoms with Crippen molar-refractivity contribution < 1.29 is 20.1 Å². The van der Waals surface area contributed by atoms with Crippen molar-refractivity contribution in [3.63, 3.8) is 0 Å². The van der Waals surface area contributed by atoms with E-state index in [0.717, 1.165) is 32.1 Å². The monoisotopic (exact) mass is 542 g/mol. The van der Waals surface area contributed by atoms with E-state index in [-0.39, 0.29) is 12.2 Å². The number of carbonyl (C=O) groups excluding carboxylic acids is 1. The van der Waals surface area contributed by atoms with Crippen LogP contribution in [0.2, 0.25) is 0 Å². The van der Waals surface area contributed by atoms with Crippen molar-refractivity contribution >= 4 is 5.78 Å². The molecule has 0 aromatic rings. The lowest BCUT2D eigenvalue weighted by atomic mass is 9.88. The summed E-state index contributed by atoms with van der Waals surface area (Å²) in [6.07, 6.45) is 26.6. The SMILES string of the molecule is CCCCCCCCCCCCCCC[C@@H](O)[C@H](C(=O)CC(O)CCCCCCCCCCCC)C(N)O. The van der Waals surface area contributed by atoms with E-state index in [4.69, 9.17) is 5.73 Å². The molecule has 0 aromatic heterocycles. The van der Waals surface area contributed by atoms with Crippen LogP contribution in [-0.4, -0.2) is 39.5 Å². The zero-order valence-corrected chi connectivity index (χ0v) is 25.5. The molecule has 0 bridgehead atoms. The molecule has 0 saturated heterocycles. The molecule has 0 aliphatic heterocycles. The van der Waals surface area contributed by atoms with Gasteiger partial charge in [-0.05, 0) is 12.8 Å². The van der Waals surface area contributed by atoms with Crippen LogP contribution in [0.4, 0.5) is 0 Å². The molecule has 0 spiro atoms. The van der Waals surface area contributed by atoms with Crippen molar-refractivity contribution in [2.24, 2.45) is 11.7 Å². The van der Waals surface area contributed by atoms with Crippen molar-refractivity contribution in [1.29, 1.82) is 0 Å². The zero-order chi connectivity index (χ0) is 28.3. The largest absolute Gasteiger partial charge is 0.393 e. The first-order valence-electron chi connectivity index (χ1n) is 16.8. The van der Waals surface area contributed by atoms with Gasteiger partial charge in [-0.1, -0.05) is 162 Å². The Morgan fingerprint density at radius 2 is 0.842 bits per heavy atom. The highest BCUT2D eigenvalue weighted by Gasteiger charge is 2.32. The van der Waals surface area contributed by atoms with Gasteiger partial charge in [0.15, 0.2) is 0 Å². The number of nitrogens with two attached hydrogens (primary N) is 1. The van der Waals surface area contributed by atoms with Gasteiger partial charge in [0.2, 0.25) is 0 Å². The number of carbonyl (C=O) groups is 1. The fourth-order valence-electron chi connectivity index (χ4n) is 5.52. The molecule has 0 aliphatic carbocycles. The molecular weight excluding hydrogens is 474 g/mol. The highest BCUT2D eigenvalue weighted by atomic mass is 16.3. The topological polar surface area (TPSA) is 104 Å². The molecule has 0 amide bonds.